The second-order valence-corrected chi connectivity index (χ2v) is 6.05. The van der Waals surface area contributed by atoms with E-state index in [1.165, 1.54) is 77.0 Å². The molecular weight excluding hydrogens is 252 g/mol. The van der Waals surface area contributed by atoms with Crippen LogP contribution in [0.2, 0.25) is 0 Å². The van der Waals surface area contributed by atoms with E-state index in [0.29, 0.717) is 11.7 Å². The van der Waals surface area contributed by atoms with Crippen LogP contribution in [-0.2, 0) is 15.9 Å². The Morgan fingerprint density at radius 3 is 1.68 bits per heavy atom. The summed E-state index contributed by atoms with van der Waals surface area (Å²) in [5.41, 5.74) is 0. The molecule has 0 aromatic rings. The van der Waals surface area contributed by atoms with Crippen molar-refractivity contribution < 1.29 is 4.21 Å². The lowest BCUT2D eigenvalue weighted by atomic mass is 10.1. The van der Waals surface area contributed by atoms with E-state index in [4.69, 9.17) is 0 Å². The van der Waals surface area contributed by atoms with E-state index in [1.54, 1.807) is 0 Å². The Kier molecular flexibility index (Phi) is 17.5. The smallest absolute Gasteiger partial charge is 0.0883 e. The van der Waals surface area contributed by atoms with Crippen molar-refractivity contribution in [2.45, 2.75) is 90.4 Å². The lowest BCUT2D eigenvalue weighted by Gasteiger charge is -2.01. The summed E-state index contributed by atoms with van der Waals surface area (Å²) in [7, 11) is 0. The van der Waals surface area contributed by atoms with Gasteiger partial charge in [0.1, 0.15) is 0 Å². The first-order chi connectivity index (χ1) is 9.41. The van der Waals surface area contributed by atoms with E-state index in [0.717, 1.165) is 12.2 Å². The third kappa shape index (κ3) is 17.8. The number of hydrogen-bond donors (Lipinski definition) is 0. The third-order valence-corrected chi connectivity index (χ3v) is 3.91. The molecule has 0 aliphatic rings. The van der Waals surface area contributed by atoms with Crippen LogP contribution >= 0.6 is 0 Å². The molecule has 112 valence electrons. The fourth-order valence-electron chi connectivity index (χ4n) is 2.28. The molecule has 19 heavy (non-hydrogen) atoms. The minimum absolute atomic E-state index is 0.686. The van der Waals surface area contributed by atoms with Gasteiger partial charge >= 0.3 is 11.7 Å². The van der Waals surface area contributed by atoms with Crippen molar-refractivity contribution in [2.75, 3.05) is 5.75 Å². The average Bonchev–Trinajstić information content (AvgIpc) is 2.43. The van der Waals surface area contributed by atoms with Crippen molar-refractivity contribution in [3.8, 4) is 0 Å². The maximum absolute atomic E-state index is 10.1. The van der Waals surface area contributed by atoms with Crippen LogP contribution in [0.15, 0.2) is 12.2 Å². The Labute approximate surface area is 124 Å². The summed E-state index contributed by atoms with van der Waals surface area (Å²) in [4.78, 5) is 0. The molecule has 0 radical (unpaired) electrons. The van der Waals surface area contributed by atoms with Crippen molar-refractivity contribution in [3.05, 3.63) is 12.2 Å². The molecule has 0 aliphatic carbocycles. The lowest BCUT2D eigenvalue weighted by molar-refractivity contribution is 0.550. The molecule has 0 fully saturated rings. The fraction of sp³-hybridized carbons (Fsp3) is 0.882. The molecule has 0 aliphatic heterocycles. The summed E-state index contributed by atoms with van der Waals surface area (Å²) in [5.74, 6) is 0.717. The first-order valence-electron chi connectivity index (χ1n) is 8.31. The topological polar surface area (TPSA) is 17.1 Å². The third-order valence-electron chi connectivity index (χ3n) is 3.51. The zero-order valence-corrected chi connectivity index (χ0v) is 13.7. The number of rotatable bonds is 15. The SMILES string of the molecule is CCCCCCCCCCCCCC=CCC[S+]=O. The molecule has 0 heterocycles. The second kappa shape index (κ2) is 17.8. The molecule has 0 bridgehead atoms. The molecule has 0 aromatic carbocycles. The van der Waals surface area contributed by atoms with Gasteiger partial charge in [-0.3, -0.25) is 0 Å². The van der Waals surface area contributed by atoms with Crippen LogP contribution in [-0.4, -0.2) is 5.75 Å². The van der Waals surface area contributed by atoms with Gasteiger partial charge in [-0.2, -0.15) is 0 Å². The molecule has 0 rings (SSSR count). The van der Waals surface area contributed by atoms with E-state index in [1.807, 2.05) is 0 Å². The Hall–Kier alpha value is -0.240. The van der Waals surface area contributed by atoms with Crippen molar-refractivity contribution in [2.24, 2.45) is 0 Å². The van der Waals surface area contributed by atoms with Gasteiger partial charge in [0.2, 0.25) is 5.75 Å². The van der Waals surface area contributed by atoms with Crippen LogP contribution in [0.4, 0.5) is 0 Å². The van der Waals surface area contributed by atoms with Crippen molar-refractivity contribution in [1.29, 1.82) is 0 Å². The van der Waals surface area contributed by atoms with E-state index < -0.39 is 0 Å². The molecule has 0 saturated heterocycles. The van der Waals surface area contributed by atoms with Gasteiger partial charge in [0.15, 0.2) is 0 Å². The minimum Gasteiger partial charge on any atom is -0.0883 e. The highest BCUT2D eigenvalue weighted by molar-refractivity contribution is 7.65. The summed E-state index contributed by atoms with van der Waals surface area (Å²) in [6.45, 7) is 2.28. The molecule has 0 saturated carbocycles. The molecule has 1 nitrogen and oxygen atoms in total. The molecule has 0 N–H and O–H groups in total. The molecule has 0 unspecified atom stereocenters. The van der Waals surface area contributed by atoms with Crippen LogP contribution < -0.4 is 0 Å². The zero-order chi connectivity index (χ0) is 14.0. The Morgan fingerprint density at radius 1 is 0.684 bits per heavy atom. The van der Waals surface area contributed by atoms with Gasteiger partial charge in [-0.25, -0.2) is 0 Å². The molecule has 0 aromatic heterocycles. The van der Waals surface area contributed by atoms with Crippen LogP contribution in [0.3, 0.4) is 0 Å². The van der Waals surface area contributed by atoms with Crippen LogP contribution in [0.5, 0.6) is 0 Å². The highest BCUT2D eigenvalue weighted by Crippen LogP contribution is 2.11. The standard InChI is InChI=1S/C17H33OS/c1-2-3-4-5-6-7-8-9-10-11-12-13-14-15-16-17-19-18/h14-15H,2-13,16-17H2,1H3/q+1. The van der Waals surface area contributed by atoms with E-state index >= 15 is 0 Å². The summed E-state index contributed by atoms with van der Waals surface area (Å²) >= 11 is 0.686. The largest absolute Gasteiger partial charge is 0.458 e. The number of hydrogen-bond acceptors (Lipinski definition) is 1. The maximum atomic E-state index is 10.1. The van der Waals surface area contributed by atoms with E-state index in [9.17, 15) is 4.21 Å². The lowest BCUT2D eigenvalue weighted by Crippen LogP contribution is -1.82. The molecular formula is C17H33OS+. The van der Waals surface area contributed by atoms with Crippen molar-refractivity contribution in [1.82, 2.24) is 0 Å². The zero-order valence-electron chi connectivity index (χ0n) is 12.9. The fourth-order valence-corrected chi connectivity index (χ4v) is 2.51. The first kappa shape index (κ1) is 18.8. The predicted octanol–water partition coefficient (Wildman–Crippen LogP) is 6.06. The Bertz CT molecular complexity index is 201. The molecule has 0 spiro atoms. The first-order valence-corrected chi connectivity index (χ1v) is 9.22. The van der Waals surface area contributed by atoms with Gasteiger partial charge < -0.3 is 0 Å². The number of unbranched alkanes of at least 4 members (excludes halogenated alkanes) is 11. The summed E-state index contributed by atoms with van der Waals surface area (Å²) in [6, 6.07) is 0. The summed E-state index contributed by atoms with van der Waals surface area (Å²) < 4.78 is 10.1. The summed E-state index contributed by atoms with van der Waals surface area (Å²) in [5, 5.41) is 0. The Morgan fingerprint density at radius 2 is 1.16 bits per heavy atom. The monoisotopic (exact) mass is 285 g/mol. The van der Waals surface area contributed by atoms with Gasteiger partial charge in [0.05, 0.1) is 0 Å². The van der Waals surface area contributed by atoms with Crippen LogP contribution in [0.25, 0.3) is 0 Å². The van der Waals surface area contributed by atoms with Gasteiger partial charge in [-0.05, 0) is 12.8 Å². The number of allylic oxidation sites excluding steroid dienone is 2. The van der Waals surface area contributed by atoms with Crippen molar-refractivity contribution in [3.63, 3.8) is 0 Å². The summed E-state index contributed by atoms with van der Waals surface area (Å²) in [6.07, 6.45) is 22.0. The molecule has 2 heteroatoms. The van der Waals surface area contributed by atoms with Crippen molar-refractivity contribution >= 4 is 11.7 Å². The average molecular weight is 286 g/mol. The van der Waals surface area contributed by atoms with Gasteiger partial charge in [0.25, 0.3) is 0 Å². The highest BCUT2D eigenvalue weighted by Gasteiger charge is 1.93. The van der Waals surface area contributed by atoms with Gasteiger partial charge in [-0.15, -0.1) is 0 Å². The second-order valence-electron chi connectivity index (χ2n) is 5.41. The van der Waals surface area contributed by atoms with E-state index in [-0.39, 0.29) is 0 Å². The minimum atomic E-state index is 0.686. The van der Waals surface area contributed by atoms with Crippen LogP contribution in [0.1, 0.15) is 90.4 Å². The highest BCUT2D eigenvalue weighted by atomic mass is 32.1. The van der Waals surface area contributed by atoms with E-state index in [2.05, 4.69) is 19.1 Å². The predicted molar refractivity (Wildman–Crippen MR) is 87.8 cm³/mol. The Balaban J connectivity index is 2.98. The van der Waals surface area contributed by atoms with Gasteiger partial charge in [-0.1, -0.05) is 83.3 Å². The normalized spacial score (nSPS) is 11.2. The maximum Gasteiger partial charge on any atom is 0.458 e. The quantitative estimate of drug-likeness (QED) is 0.203. The van der Waals surface area contributed by atoms with Gasteiger partial charge in [0, 0.05) is 10.6 Å². The molecule has 0 atom stereocenters. The molecule has 0 amide bonds. The van der Waals surface area contributed by atoms with Crippen LogP contribution in [0, 0.1) is 0 Å².